The van der Waals surface area contributed by atoms with E-state index in [-0.39, 0.29) is 29.6 Å². The zero-order chi connectivity index (χ0) is 62.7. The van der Waals surface area contributed by atoms with E-state index in [1.54, 1.807) is 0 Å². The summed E-state index contributed by atoms with van der Waals surface area (Å²) < 4.78 is 265. The van der Waals surface area contributed by atoms with Crippen LogP contribution in [0.15, 0.2) is 180 Å². The van der Waals surface area contributed by atoms with E-state index in [1.165, 1.54) is 0 Å². The molecular formula is C51H29N3OS2. The van der Waals surface area contributed by atoms with E-state index < -0.39 is 264 Å². The molecule has 266 valence electrons. The quantitative estimate of drug-likeness (QED) is 0.174. The lowest BCUT2D eigenvalue weighted by Crippen LogP contribution is -2.00. The highest BCUT2D eigenvalue weighted by Crippen LogP contribution is 2.47. The predicted molar refractivity (Wildman–Crippen MR) is 240 cm³/mol. The number of benzene rings is 8. The lowest BCUT2D eigenvalue weighted by atomic mass is 9.93. The van der Waals surface area contributed by atoms with Gasteiger partial charge in [-0.1, -0.05) is 139 Å². The number of hydrogen-bond donors (Lipinski definition) is 0. The van der Waals surface area contributed by atoms with Gasteiger partial charge in [-0.15, -0.1) is 22.7 Å². The Kier molecular flexibility index (Phi) is 3.32. The van der Waals surface area contributed by atoms with Crippen molar-refractivity contribution in [2.75, 3.05) is 0 Å². The number of fused-ring (bicyclic) bond motifs is 9. The molecular weight excluding hydrogens is 735 g/mol. The average molecular weight is 793 g/mol. The lowest BCUT2D eigenvalue weighted by Gasteiger charge is -2.10. The number of furan rings is 1. The SMILES string of the molecule is [2H]c1c([2H])c([2H])c(-c2nc(-c3c([2H])c([2H])c([2H])c([2H])c3[2H])nc(-c3c([2H])c([2H])c([2H])c4c3sc3c([2H])c([2H])c(-c5c([2H])c([2H])c(-c6c([2H])c([2H])c([2H])c7c6sc6c([2H])c([2H])c([2H])c([2H])c67)c6c5oc5c([2H])c([2H])c([2H])c([2H])c56)c([2H])c34)n2)c([2H])c1[2H]. The second-order valence-corrected chi connectivity index (χ2v) is 14.1. The number of thiophene rings is 2. The fourth-order valence-electron chi connectivity index (χ4n) is 6.49. The van der Waals surface area contributed by atoms with Crippen molar-refractivity contribution in [3.63, 3.8) is 0 Å². The zero-order valence-corrected chi connectivity index (χ0v) is 29.7. The zero-order valence-electron chi connectivity index (χ0n) is 57.1. The second-order valence-electron chi connectivity index (χ2n) is 12.1. The normalized spacial score (nSPS) is 19.0. The summed E-state index contributed by atoms with van der Waals surface area (Å²) in [4.78, 5) is 13.1. The van der Waals surface area contributed by atoms with Crippen LogP contribution in [0.3, 0.4) is 0 Å². The van der Waals surface area contributed by atoms with Crippen LogP contribution in [-0.4, -0.2) is 15.0 Å². The molecule has 12 aromatic rings. The molecule has 0 aliphatic heterocycles. The largest absolute Gasteiger partial charge is 0.455 e. The van der Waals surface area contributed by atoms with Crippen LogP contribution in [0.5, 0.6) is 0 Å². The van der Waals surface area contributed by atoms with Crippen molar-refractivity contribution in [2.24, 2.45) is 0 Å². The van der Waals surface area contributed by atoms with Crippen LogP contribution in [0.2, 0.25) is 0 Å². The first-order valence-corrected chi connectivity index (χ1v) is 18.2. The summed E-state index contributed by atoms with van der Waals surface area (Å²) in [5.74, 6) is -2.20. The molecule has 0 radical (unpaired) electrons. The van der Waals surface area contributed by atoms with Crippen molar-refractivity contribution in [1.29, 1.82) is 0 Å². The average Bonchev–Trinajstić information content (AvgIpc) is 1.49. The summed E-state index contributed by atoms with van der Waals surface area (Å²) in [5.41, 5.74) is -5.39. The highest BCUT2D eigenvalue weighted by molar-refractivity contribution is 7.26. The van der Waals surface area contributed by atoms with Crippen LogP contribution in [0.1, 0.15) is 39.8 Å². The molecule has 0 unspecified atom stereocenters. The molecule has 0 atom stereocenters. The van der Waals surface area contributed by atoms with Gasteiger partial charge in [0.05, 0.1) is 39.8 Å². The standard InChI is InChI=1S/C51H29N3OS2/c1-3-13-30(14-4-1)49-52-50(31-15-5-2-6-16-31)54-51(53-49)40-22-12-21-38-41-29-32(25-28-44(41)57-48(38)40)33-26-27-35(45-39-18-7-9-23-42(39)55-46(33)45)37-20-11-19-36-34-17-8-10-24-43(34)56-47(36)37/h1-29H/i1D,2D,3D,4D,5D,6D,7D,8D,9D,10D,11D,12D,13D,14D,15D,16D,17D,18D,19D,20D,21D,22D,23D,24D,25D,26D,27D,28D,29D. The molecule has 0 fully saturated rings. The molecule has 12 rings (SSSR count). The van der Waals surface area contributed by atoms with Crippen LogP contribution in [0.4, 0.5) is 0 Å². The van der Waals surface area contributed by atoms with Gasteiger partial charge in [0.2, 0.25) is 0 Å². The van der Waals surface area contributed by atoms with Crippen molar-refractivity contribution in [3.8, 4) is 56.4 Å². The molecule has 0 N–H and O–H groups in total. The van der Waals surface area contributed by atoms with Gasteiger partial charge in [-0.2, -0.15) is 0 Å². The summed E-state index contributed by atoms with van der Waals surface area (Å²) in [6.07, 6.45) is 0. The fraction of sp³-hybridized carbons (Fsp3) is 0. The maximum absolute atomic E-state index is 10.0. The summed E-state index contributed by atoms with van der Waals surface area (Å²) in [5, 5.41) is -2.18. The highest BCUT2D eigenvalue weighted by Gasteiger charge is 2.21. The van der Waals surface area contributed by atoms with Crippen LogP contribution < -0.4 is 0 Å². The summed E-state index contributed by atoms with van der Waals surface area (Å²) in [7, 11) is 0. The molecule has 6 heteroatoms. The molecule has 4 heterocycles. The third-order valence-corrected chi connectivity index (χ3v) is 11.2. The molecule has 8 aromatic carbocycles. The lowest BCUT2D eigenvalue weighted by molar-refractivity contribution is 0.670. The van der Waals surface area contributed by atoms with E-state index >= 15 is 0 Å². The first-order chi connectivity index (χ1) is 40.3. The van der Waals surface area contributed by atoms with Crippen molar-refractivity contribution in [2.45, 2.75) is 0 Å². The molecule has 0 bridgehead atoms. The summed E-state index contributed by atoms with van der Waals surface area (Å²) in [6.45, 7) is 0. The minimum absolute atomic E-state index is 0.114. The third kappa shape index (κ3) is 5.15. The van der Waals surface area contributed by atoms with Gasteiger partial charge >= 0.3 is 0 Å². The minimum atomic E-state index is -0.937. The van der Waals surface area contributed by atoms with Gasteiger partial charge in [-0.05, 0) is 47.4 Å². The Bertz CT molecular complexity index is 5100. The monoisotopic (exact) mass is 792 g/mol. The van der Waals surface area contributed by atoms with Crippen molar-refractivity contribution >= 4 is 85.0 Å². The number of hydrogen-bond acceptors (Lipinski definition) is 6. The molecule has 4 nitrogen and oxygen atoms in total. The van der Waals surface area contributed by atoms with Crippen LogP contribution >= 0.6 is 22.7 Å². The van der Waals surface area contributed by atoms with E-state index in [0.717, 1.165) is 0 Å². The summed E-state index contributed by atoms with van der Waals surface area (Å²) in [6, 6.07) is -23.2. The van der Waals surface area contributed by atoms with Crippen molar-refractivity contribution in [1.82, 2.24) is 15.0 Å². The van der Waals surface area contributed by atoms with Gasteiger partial charge < -0.3 is 4.42 Å². The van der Waals surface area contributed by atoms with Gasteiger partial charge in [0.1, 0.15) is 11.2 Å². The topological polar surface area (TPSA) is 51.8 Å². The molecule has 0 saturated carbocycles. The molecule has 57 heavy (non-hydrogen) atoms. The number of para-hydroxylation sites is 1. The fourth-order valence-corrected chi connectivity index (χ4v) is 8.62. The summed E-state index contributed by atoms with van der Waals surface area (Å²) >= 11 is 1.24. The van der Waals surface area contributed by atoms with Gasteiger partial charge in [-0.25, -0.2) is 15.0 Å². The number of rotatable bonds is 5. The van der Waals surface area contributed by atoms with Crippen molar-refractivity contribution in [3.05, 3.63) is 175 Å². The molecule has 4 aromatic heterocycles. The van der Waals surface area contributed by atoms with Crippen LogP contribution in [-0.2, 0) is 0 Å². The van der Waals surface area contributed by atoms with Gasteiger partial charge in [0, 0.05) is 78.9 Å². The molecule has 0 aliphatic carbocycles. The Morgan fingerprint density at radius 2 is 0.947 bits per heavy atom. The first-order valence-electron chi connectivity index (χ1n) is 31.1. The van der Waals surface area contributed by atoms with Gasteiger partial charge in [-0.3, -0.25) is 0 Å². The maximum Gasteiger partial charge on any atom is 0.165 e. The Labute approximate surface area is 375 Å². The predicted octanol–water partition coefficient (Wildman–Crippen LogP) is 14.8. The minimum Gasteiger partial charge on any atom is -0.455 e. The molecule has 0 amide bonds. The van der Waals surface area contributed by atoms with Crippen molar-refractivity contribution < 1.29 is 44.2 Å². The third-order valence-electron chi connectivity index (χ3n) is 8.93. The Hall–Kier alpha value is -6.99. The van der Waals surface area contributed by atoms with Gasteiger partial charge in [0.15, 0.2) is 17.5 Å². The Balaban J connectivity index is 1.22. The van der Waals surface area contributed by atoms with Crippen LogP contribution in [0.25, 0.3) is 119 Å². The van der Waals surface area contributed by atoms with E-state index in [4.69, 9.17) is 30.5 Å². The van der Waals surface area contributed by atoms with E-state index in [2.05, 4.69) is 15.0 Å². The Morgan fingerprint density at radius 1 is 0.386 bits per heavy atom. The maximum atomic E-state index is 10.0. The van der Waals surface area contributed by atoms with E-state index in [9.17, 15) is 13.7 Å². The molecule has 0 aliphatic rings. The van der Waals surface area contributed by atoms with E-state index in [1.807, 2.05) is 0 Å². The number of aromatic nitrogens is 3. The number of nitrogens with zero attached hydrogens (tertiary/aromatic N) is 3. The highest BCUT2D eigenvalue weighted by atomic mass is 32.1. The molecule has 0 spiro atoms. The molecule has 0 saturated heterocycles. The van der Waals surface area contributed by atoms with E-state index in [0.29, 0.717) is 22.7 Å². The van der Waals surface area contributed by atoms with Gasteiger partial charge in [0.25, 0.3) is 0 Å². The second kappa shape index (κ2) is 12.8. The Morgan fingerprint density at radius 3 is 1.70 bits per heavy atom. The van der Waals surface area contributed by atoms with Crippen LogP contribution in [0, 0.1) is 0 Å². The first kappa shape index (κ1) is 14.8. The smallest absolute Gasteiger partial charge is 0.165 e.